The van der Waals surface area contributed by atoms with Crippen LogP contribution in [0.5, 0.6) is 0 Å². The molecule has 1 aromatic rings. The lowest BCUT2D eigenvalue weighted by molar-refractivity contribution is 0.0996. The van der Waals surface area contributed by atoms with Crippen LogP contribution in [0.25, 0.3) is 0 Å². The highest BCUT2D eigenvalue weighted by Gasteiger charge is 2.12. The lowest BCUT2D eigenvalue weighted by Gasteiger charge is -2.07. The molecule has 0 aromatic carbocycles. The number of nitriles is 1. The van der Waals surface area contributed by atoms with Gasteiger partial charge in [-0.3, -0.25) is 9.78 Å². The van der Waals surface area contributed by atoms with Crippen molar-refractivity contribution in [2.45, 2.75) is 27.2 Å². The van der Waals surface area contributed by atoms with Crippen LogP contribution in [-0.2, 0) is 0 Å². The summed E-state index contributed by atoms with van der Waals surface area (Å²) >= 11 is 0. The Labute approximate surface area is 83.4 Å². The Hall–Kier alpha value is -1.69. The summed E-state index contributed by atoms with van der Waals surface area (Å²) in [4.78, 5) is 15.7. The maximum Gasteiger partial charge on any atom is 0.178 e. The van der Waals surface area contributed by atoms with Crippen molar-refractivity contribution in [3.63, 3.8) is 0 Å². The van der Waals surface area contributed by atoms with E-state index in [4.69, 9.17) is 5.26 Å². The van der Waals surface area contributed by atoms with Crippen LogP contribution in [0.15, 0.2) is 6.07 Å². The van der Waals surface area contributed by atoms with Crippen LogP contribution >= 0.6 is 0 Å². The number of rotatable bonds is 2. The third-order valence-electron chi connectivity index (χ3n) is 2.04. The number of aromatic nitrogens is 1. The summed E-state index contributed by atoms with van der Waals surface area (Å²) in [6, 6.07) is 3.72. The molecule has 0 aliphatic heterocycles. The number of nitrogens with zero attached hydrogens (tertiary/aromatic N) is 2. The number of ketones is 1. The Balaban J connectivity index is 3.22. The molecule has 0 saturated heterocycles. The standard InChI is InChI=1S/C11H12N2O/c1-7-6-8(2)13-9(3)11(7)10(14)4-5-12/h6H,4H2,1-3H3. The van der Waals surface area contributed by atoms with Crippen molar-refractivity contribution in [3.05, 3.63) is 28.6 Å². The highest BCUT2D eigenvalue weighted by molar-refractivity contribution is 5.99. The zero-order valence-electron chi connectivity index (χ0n) is 8.59. The van der Waals surface area contributed by atoms with Crippen molar-refractivity contribution in [1.29, 1.82) is 5.26 Å². The van der Waals surface area contributed by atoms with Crippen LogP contribution in [-0.4, -0.2) is 10.8 Å². The van der Waals surface area contributed by atoms with E-state index in [1.165, 1.54) is 0 Å². The van der Waals surface area contributed by atoms with Crippen molar-refractivity contribution in [1.82, 2.24) is 4.98 Å². The Morgan fingerprint density at radius 1 is 1.50 bits per heavy atom. The minimum absolute atomic E-state index is 0.0770. The van der Waals surface area contributed by atoms with Gasteiger partial charge in [0.05, 0.1) is 12.5 Å². The molecular formula is C11H12N2O. The van der Waals surface area contributed by atoms with Gasteiger partial charge in [-0.25, -0.2) is 0 Å². The lowest BCUT2D eigenvalue weighted by Crippen LogP contribution is -2.06. The molecule has 0 saturated carbocycles. The van der Waals surface area contributed by atoms with Gasteiger partial charge in [-0.05, 0) is 32.4 Å². The molecule has 3 heteroatoms. The summed E-state index contributed by atoms with van der Waals surface area (Å²) in [6.45, 7) is 5.55. The highest BCUT2D eigenvalue weighted by Crippen LogP contribution is 2.14. The topological polar surface area (TPSA) is 53.8 Å². The van der Waals surface area contributed by atoms with E-state index in [-0.39, 0.29) is 12.2 Å². The van der Waals surface area contributed by atoms with Gasteiger partial charge in [0, 0.05) is 17.0 Å². The summed E-state index contributed by atoms with van der Waals surface area (Å²) < 4.78 is 0. The summed E-state index contributed by atoms with van der Waals surface area (Å²) in [6.07, 6.45) is -0.0770. The third-order valence-corrected chi connectivity index (χ3v) is 2.04. The van der Waals surface area contributed by atoms with E-state index in [1.54, 1.807) is 6.92 Å². The molecule has 0 atom stereocenters. The van der Waals surface area contributed by atoms with E-state index in [2.05, 4.69) is 4.98 Å². The second kappa shape index (κ2) is 4.01. The molecule has 0 aliphatic carbocycles. The van der Waals surface area contributed by atoms with Crippen LogP contribution in [0.4, 0.5) is 0 Å². The highest BCUT2D eigenvalue weighted by atomic mass is 16.1. The van der Waals surface area contributed by atoms with Gasteiger partial charge in [0.25, 0.3) is 0 Å². The Morgan fingerprint density at radius 2 is 2.14 bits per heavy atom. The number of pyridine rings is 1. The Morgan fingerprint density at radius 3 is 2.64 bits per heavy atom. The SMILES string of the molecule is Cc1cc(C)c(C(=O)CC#N)c(C)n1. The molecule has 1 heterocycles. The average molecular weight is 188 g/mol. The van der Waals surface area contributed by atoms with E-state index in [0.29, 0.717) is 11.3 Å². The normalized spacial score (nSPS) is 9.57. The number of hydrogen-bond acceptors (Lipinski definition) is 3. The molecule has 0 fully saturated rings. The molecule has 0 amide bonds. The predicted molar refractivity (Wildman–Crippen MR) is 53.0 cm³/mol. The number of Topliss-reactive ketones (excluding diaryl/α,β-unsaturated/α-hetero) is 1. The van der Waals surface area contributed by atoms with Crippen molar-refractivity contribution < 1.29 is 4.79 Å². The molecule has 0 N–H and O–H groups in total. The second-order valence-corrected chi connectivity index (χ2v) is 3.30. The monoisotopic (exact) mass is 188 g/mol. The molecule has 0 aliphatic rings. The zero-order chi connectivity index (χ0) is 10.7. The van der Waals surface area contributed by atoms with Gasteiger partial charge in [0.1, 0.15) is 0 Å². The van der Waals surface area contributed by atoms with Crippen molar-refractivity contribution in [2.24, 2.45) is 0 Å². The fraction of sp³-hybridized carbons (Fsp3) is 0.364. The van der Waals surface area contributed by atoms with Crippen LogP contribution in [0.3, 0.4) is 0 Å². The molecule has 0 unspecified atom stereocenters. The van der Waals surface area contributed by atoms with Crippen molar-refractivity contribution >= 4 is 5.78 Å². The van der Waals surface area contributed by atoms with E-state index in [0.717, 1.165) is 11.3 Å². The van der Waals surface area contributed by atoms with E-state index < -0.39 is 0 Å². The van der Waals surface area contributed by atoms with Gasteiger partial charge in [0.15, 0.2) is 5.78 Å². The predicted octanol–water partition coefficient (Wildman–Crippen LogP) is 2.10. The van der Waals surface area contributed by atoms with Gasteiger partial charge < -0.3 is 0 Å². The first-order valence-electron chi connectivity index (χ1n) is 4.41. The molecule has 3 nitrogen and oxygen atoms in total. The molecule has 1 aromatic heterocycles. The van der Waals surface area contributed by atoms with Gasteiger partial charge in [0.2, 0.25) is 0 Å². The molecular weight excluding hydrogens is 176 g/mol. The van der Waals surface area contributed by atoms with Crippen LogP contribution in [0, 0.1) is 32.1 Å². The number of hydrogen-bond donors (Lipinski definition) is 0. The summed E-state index contributed by atoms with van der Waals surface area (Å²) in [5.74, 6) is -0.144. The molecule has 1 rings (SSSR count). The minimum Gasteiger partial charge on any atom is -0.293 e. The molecule has 72 valence electrons. The first kappa shape index (κ1) is 10.4. The molecule has 14 heavy (non-hydrogen) atoms. The minimum atomic E-state index is -0.144. The second-order valence-electron chi connectivity index (χ2n) is 3.30. The smallest absolute Gasteiger partial charge is 0.178 e. The van der Waals surface area contributed by atoms with E-state index in [1.807, 2.05) is 26.0 Å². The fourth-order valence-corrected chi connectivity index (χ4v) is 1.61. The van der Waals surface area contributed by atoms with Crippen molar-refractivity contribution in [2.75, 3.05) is 0 Å². The first-order valence-corrected chi connectivity index (χ1v) is 4.41. The van der Waals surface area contributed by atoms with Gasteiger partial charge in [-0.1, -0.05) is 0 Å². The van der Waals surface area contributed by atoms with E-state index in [9.17, 15) is 4.79 Å². The van der Waals surface area contributed by atoms with E-state index >= 15 is 0 Å². The van der Waals surface area contributed by atoms with Gasteiger partial charge >= 0.3 is 0 Å². The van der Waals surface area contributed by atoms with Crippen molar-refractivity contribution in [3.8, 4) is 6.07 Å². The molecule has 0 spiro atoms. The lowest BCUT2D eigenvalue weighted by atomic mass is 10.0. The van der Waals surface area contributed by atoms with Crippen LogP contribution in [0.2, 0.25) is 0 Å². The zero-order valence-corrected chi connectivity index (χ0v) is 8.59. The maximum atomic E-state index is 11.5. The Kier molecular flexibility index (Phi) is 2.98. The van der Waals surface area contributed by atoms with Crippen LogP contribution in [0.1, 0.15) is 33.7 Å². The molecule has 0 bridgehead atoms. The number of carbonyl (C=O) groups excluding carboxylic acids is 1. The first-order chi connectivity index (χ1) is 6.56. The summed E-state index contributed by atoms with van der Waals surface area (Å²) in [5, 5.41) is 8.44. The van der Waals surface area contributed by atoms with Gasteiger partial charge in [-0.15, -0.1) is 0 Å². The summed E-state index contributed by atoms with van der Waals surface area (Å²) in [7, 11) is 0. The summed E-state index contributed by atoms with van der Waals surface area (Å²) in [5.41, 5.74) is 3.10. The number of aryl methyl sites for hydroxylation is 3. The number of carbonyl (C=O) groups is 1. The van der Waals surface area contributed by atoms with Gasteiger partial charge in [-0.2, -0.15) is 5.26 Å². The quantitative estimate of drug-likeness (QED) is 0.668. The third kappa shape index (κ3) is 1.97. The maximum absolute atomic E-state index is 11.5. The average Bonchev–Trinajstić information content (AvgIpc) is 2.01. The molecule has 0 radical (unpaired) electrons. The fourth-order valence-electron chi connectivity index (χ4n) is 1.61. The van der Waals surface area contributed by atoms with Crippen LogP contribution < -0.4 is 0 Å². The Bertz CT molecular complexity index is 393. The largest absolute Gasteiger partial charge is 0.293 e.